The molecule has 0 bridgehead atoms. The summed E-state index contributed by atoms with van der Waals surface area (Å²) in [5.41, 5.74) is 0.0674. The van der Waals surface area contributed by atoms with E-state index >= 15 is 0 Å². The predicted molar refractivity (Wildman–Crippen MR) is 104 cm³/mol. The Morgan fingerprint density at radius 3 is 2.17 bits per heavy atom. The maximum Gasteiger partial charge on any atom is 0.417 e. The van der Waals surface area contributed by atoms with Crippen molar-refractivity contribution >= 4 is 11.5 Å². The van der Waals surface area contributed by atoms with E-state index in [9.17, 15) is 13.2 Å². The van der Waals surface area contributed by atoms with Crippen LogP contribution in [0.25, 0.3) is 5.82 Å². The lowest BCUT2D eigenvalue weighted by Crippen LogP contribution is -2.47. The molecule has 0 amide bonds. The van der Waals surface area contributed by atoms with Gasteiger partial charge >= 0.3 is 6.18 Å². The molecular formula is C20H18F3N7. The van der Waals surface area contributed by atoms with Gasteiger partial charge in [-0.2, -0.15) is 23.5 Å². The van der Waals surface area contributed by atoms with Gasteiger partial charge in [-0.25, -0.2) is 4.68 Å². The minimum atomic E-state index is -4.56. The summed E-state index contributed by atoms with van der Waals surface area (Å²) in [7, 11) is 0. The van der Waals surface area contributed by atoms with Crippen molar-refractivity contribution in [1.29, 1.82) is 5.26 Å². The highest BCUT2D eigenvalue weighted by Gasteiger charge is 2.34. The van der Waals surface area contributed by atoms with Crippen molar-refractivity contribution in [1.82, 2.24) is 20.0 Å². The van der Waals surface area contributed by atoms with Crippen LogP contribution >= 0.6 is 0 Å². The Bertz CT molecular complexity index is 1080. The molecule has 3 heterocycles. The van der Waals surface area contributed by atoms with Gasteiger partial charge in [-0.3, -0.25) is 0 Å². The summed E-state index contributed by atoms with van der Waals surface area (Å²) in [6.07, 6.45) is -2.75. The number of hydrogen-bond donors (Lipinski definition) is 0. The Hall–Kier alpha value is -3.61. The highest BCUT2D eigenvalue weighted by Crippen LogP contribution is 2.34. The number of anilines is 2. The largest absolute Gasteiger partial charge is 0.417 e. The van der Waals surface area contributed by atoms with E-state index in [4.69, 9.17) is 5.26 Å². The highest BCUT2D eigenvalue weighted by molar-refractivity contribution is 5.56. The molecule has 0 spiro atoms. The van der Waals surface area contributed by atoms with E-state index in [0.717, 1.165) is 11.8 Å². The van der Waals surface area contributed by atoms with Gasteiger partial charge in [0.1, 0.15) is 0 Å². The zero-order chi connectivity index (χ0) is 21.3. The van der Waals surface area contributed by atoms with Crippen LogP contribution in [-0.4, -0.2) is 46.2 Å². The first-order chi connectivity index (χ1) is 14.3. The predicted octanol–water partition coefficient (Wildman–Crippen LogP) is 3.19. The van der Waals surface area contributed by atoms with Gasteiger partial charge in [0.2, 0.25) is 0 Å². The zero-order valence-corrected chi connectivity index (χ0v) is 16.1. The molecule has 10 heteroatoms. The third-order valence-electron chi connectivity index (χ3n) is 4.99. The van der Waals surface area contributed by atoms with E-state index in [-0.39, 0.29) is 5.56 Å². The molecule has 1 aliphatic heterocycles. The van der Waals surface area contributed by atoms with Gasteiger partial charge in [0.15, 0.2) is 11.6 Å². The van der Waals surface area contributed by atoms with Crippen molar-refractivity contribution in [2.24, 2.45) is 0 Å². The molecule has 1 aromatic carbocycles. The molecule has 0 saturated carbocycles. The second-order valence-electron chi connectivity index (χ2n) is 6.96. The number of piperazine rings is 1. The monoisotopic (exact) mass is 413 g/mol. The quantitative estimate of drug-likeness (QED) is 0.657. The number of rotatable bonds is 3. The van der Waals surface area contributed by atoms with Gasteiger partial charge < -0.3 is 9.80 Å². The van der Waals surface area contributed by atoms with Crippen LogP contribution in [-0.2, 0) is 6.18 Å². The van der Waals surface area contributed by atoms with Crippen LogP contribution in [0, 0.1) is 18.3 Å². The smallest absolute Gasteiger partial charge is 0.368 e. The first kappa shape index (κ1) is 19.7. The maximum absolute atomic E-state index is 13.2. The molecule has 0 radical (unpaired) electrons. The van der Waals surface area contributed by atoms with Gasteiger partial charge in [0, 0.05) is 38.1 Å². The fourth-order valence-electron chi connectivity index (χ4n) is 3.41. The molecule has 7 nitrogen and oxygen atoms in total. The number of hydrogen-bond acceptors (Lipinski definition) is 6. The van der Waals surface area contributed by atoms with Crippen molar-refractivity contribution in [2.45, 2.75) is 13.1 Å². The molecule has 2 aromatic heterocycles. The van der Waals surface area contributed by atoms with Gasteiger partial charge in [-0.1, -0.05) is 0 Å². The van der Waals surface area contributed by atoms with Crippen LogP contribution in [0.5, 0.6) is 0 Å². The van der Waals surface area contributed by atoms with Crippen molar-refractivity contribution in [3.63, 3.8) is 0 Å². The van der Waals surface area contributed by atoms with E-state index in [1.165, 1.54) is 6.07 Å². The molecule has 4 rings (SSSR count). The van der Waals surface area contributed by atoms with Crippen molar-refractivity contribution in [3.8, 4) is 11.9 Å². The Balaban J connectivity index is 1.45. The standard InChI is InChI=1S/C20H18F3N7/c1-14-6-7-30(27-14)19-5-4-18(25-26-19)29-10-8-28(9-11-29)16-3-2-15(13-24)17(12-16)20(21,22)23/h2-7,12H,8-11H2,1H3. The number of halogens is 3. The first-order valence-corrected chi connectivity index (χ1v) is 9.33. The average Bonchev–Trinajstić information content (AvgIpc) is 3.19. The Morgan fingerprint density at radius 2 is 1.60 bits per heavy atom. The highest BCUT2D eigenvalue weighted by atomic mass is 19.4. The Kier molecular flexibility index (Phi) is 5.03. The molecule has 3 aromatic rings. The molecule has 0 N–H and O–H groups in total. The Morgan fingerprint density at radius 1 is 0.933 bits per heavy atom. The van der Waals surface area contributed by atoms with Gasteiger partial charge in [-0.15, -0.1) is 10.2 Å². The minimum absolute atomic E-state index is 0.368. The second kappa shape index (κ2) is 7.67. The summed E-state index contributed by atoms with van der Waals surface area (Å²) >= 11 is 0. The van der Waals surface area contributed by atoms with Gasteiger partial charge in [-0.05, 0) is 43.3 Å². The summed E-state index contributed by atoms with van der Waals surface area (Å²) in [5, 5.41) is 21.7. The fraction of sp³-hybridized carbons (Fsp3) is 0.300. The van der Waals surface area contributed by atoms with Crippen LogP contribution in [0.15, 0.2) is 42.6 Å². The van der Waals surface area contributed by atoms with Crippen LogP contribution < -0.4 is 9.80 Å². The lowest BCUT2D eigenvalue weighted by molar-refractivity contribution is -0.137. The fourth-order valence-corrected chi connectivity index (χ4v) is 3.41. The number of aromatic nitrogens is 4. The van der Waals surface area contributed by atoms with Crippen molar-refractivity contribution < 1.29 is 13.2 Å². The lowest BCUT2D eigenvalue weighted by Gasteiger charge is -2.36. The molecule has 154 valence electrons. The molecule has 0 atom stereocenters. The number of nitrogens with zero attached hydrogens (tertiary/aromatic N) is 7. The first-order valence-electron chi connectivity index (χ1n) is 9.33. The van der Waals surface area contributed by atoms with Crippen LogP contribution in [0.1, 0.15) is 16.8 Å². The second-order valence-corrected chi connectivity index (χ2v) is 6.96. The minimum Gasteiger partial charge on any atom is -0.368 e. The van der Waals surface area contributed by atoms with Crippen LogP contribution in [0.3, 0.4) is 0 Å². The topological polar surface area (TPSA) is 73.9 Å². The SMILES string of the molecule is Cc1ccn(-c2ccc(N3CCN(c4ccc(C#N)c(C(F)(F)F)c4)CC3)nn2)n1. The average molecular weight is 413 g/mol. The molecule has 0 unspecified atom stereocenters. The number of benzene rings is 1. The summed E-state index contributed by atoms with van der Waals surface area (Å²) < 4.78 is 41.3. The van der Waals surface area contributed by atoms with E-state index in [0.29, 0.717) is 43.5 Å². The van der Waals surface area contributed by atoms with E-state index in [1.54, 1.807) is 16.8 Å². The zero-order valence-electron chi connectivity index (χ0n) is 16.1. The van der Waals surface area contributed by atoms with E-state index < -0.39 is 11.7 Å². The van der Waals surface area contributed by atoms with E-state index in [2.05, 4.69) is 15.3 Å². The summed E-state index contributed by atoms with van der Waals surface area (Å²) in [6, 6.07) is 11.0. The van der Waals surface area contributed by atoms with Crippen LogP contribution in [0.4, 0.5) is 24.7 Å². The van der Waals surface area contributed by atoms with Crippen LogP contribution in [0.2, 0.25) is 0 Å². The van der Waals surface area contributed by atoms with Gasteiger partial charge in [0.05, 0.1) is 22.9 Å². The molecule has 1 saturated heterocycles. The number of nitriles is 1. The normalized spacial score (nSPS) is 14.6. The summed E-state index contributed by atoms with van der Waals surface area (Å²) in [5.74, 6) is 1.32. The molecule has 1 aliphatic rings. The lowest BCUT2D eigenvalue weighted by atomic mass is 10.1. The molecule has 0 aliphatic carbocycles. The maximum atomic E-state index is 13.2. The van der Waals surface area contributed by atoms with E-state index in [1.807, 2.05) is 41.1 Å². The summed E-state index contributed by atoms with van der Waals surface area (Å²) in [4.78, 5) is 3.91. The Labute approximate surface area is 171 Å². The molecule has 1 fully saturated rings. The summed E-state index contributed by atoms with van der Waals surface area (Å²) in [6.45, 7) is 4.14. The van der Waals surface area contributed by atoms with Gasteiger partial charge in [0.25, 0.3) is 0 Å². The van der Waals surface area contributed by atoms with Crippen molar-refractivity contribution in [2.75, 3.05) is 36.0 Å². The number of aryl methyl sites for hydroxylation is 1. The molecular weight excluding hydrogens is 395 g/mol. The molecule has 30 heavy (non-hydrogen) atoms. The number of alkyl halides is 3. The van der Waals surface area contributed by atoms with Crippen molar-refractivity contribution in [3.05, 3.63) is 59.4 Å². The third-order valence-corrected chi connectivity index (χ3v) is 4.99. The third kappa shape index (κ3) is 3.91.